The van der Waals surface area contributed by atoms with Crippen LogP contribution in [-0.4, -0.2) is 27.0 Å². The standard InChI is InChI=1S/C24H17FN4O5/c1-2-27-20-13(25)6-11-21-23(20)34-19-7-15-18(33-17-5-10(26)3-4-14(17)28-15)8-16(19)29(21)9-12(22(11)30)24(31)32/h3-9,27-28H,2,26H2,1H3,(H,31,32). The molecule has 3 aromatic heterocycles. The Bertz CT molecular complexity index is 1910. The number of nitrogens with zero attached hydrogens (tertiary/aromatic N) is 1. The van der Waals surface area contributed by atoms with E-state index in [0.717, 1.165) is 6.07 Å². The van der Waals surface area contributed by atoms with Crippen LogP contribution in [0.5, 0.6) is 0 Å². The highest BCUT2D eigenvalue weighted by molar-refractivity contribution is 6.06. The molecule has 34 heavy (non-hydrogen) atoms. The van der Waals surface area contributed by atoms with Gasteiger partial charge in [0.2, 0.25) is 5.43 Å². The van der Waals surface area contributed by atoms with Crippen LogP contribution in [0.1, 0.15) is 17.3 Å². The number of hydrogen-bond donors (Lipinski definition) is 4. The van der Waals surface area contributed by atoms with E-state index in [2.05, 4.69) is 10.3 Å². The largest absolute Gasteiger partial charge is 0.477 e. The number of halogens is 1. The first-order chi connectivity index (χ1) is 16.4. The molecule has 170 valence electrons. The van der Waals surface area contributed by atoms with Crippen molar-refractivity contribution in [1.82, 2.24) is 9.38 Å². The van der Waals surface area contributed by atoms with Crippen LogP contribution in [0.4, 0.5) is 15.8 Å². The van der Waals surface area contributed by atoms with Crippen molar-refractivity contribution in [2.24, 2.45) is 0 Å². The van der Waals surface area contributed by atoms with E-state index in [-0.39, 0.29) is 22.2 Å². The number of rotatable bonds is 3. The predicted octanol–water partition coefficient (Wildman–Crippen LogP) is 4.84. The van der Waals surface area contributed by atoms with Gasteiger partial charge >= 0.3 is 5.97 Å². The number of benzene rings is 3. The van der Waals surface area contributed by atoms with E-state index in [1.54, 1.807) is 37.3 Å². The quantitative estimate of drug-likeness (QED) is 0.168. The molecule has 6 aromatic rings. The molecule has 0 aliphatic heterocycles. The number of pyridine rings is 1. The summed E-state index contributed by atoms with van der Waals surface area (Å²) in [6, 6.07) is 9.58. The fourth-order valence-electron chi connectivity index (χ4n) is 4.31. The monoisotopic (exact) mass is 460 g/mol. The maximum absolute atomic E-state index is 15.0. The Labute approximate surface area is 188 Å². The highest BCUT2D eigenvalue weighted by atomic mass is 19.1. The number of aromatic nitrogens is 2. The second-order valence-electron chi connectivity index (χ2n) is 7.94. The molecule has 6 rings (SSSR count). The van der Waals surface area contributed by atoms with Crippen molar-refractivity contribution in [3.63, 3.8) is 0 Å². The summed E-state index contributed by atoms with van der Waals surface area (Å²) in [5.41, 5.74) is 8.59. The molecule has 9 nitrogen and oxygen atoms in total. The van der Waals surface area contributed by atoms with E-state index in [9.17, 15) is 19.1 Å². The second kappa shape index (κ2) is 6.88. The summed E-state index contributed by atoms with van der Waals surface area (Å²) in [5.74, 6) is -2.13. The lowest BCUT2D eigenvalue weighted by atomic mass is 10.1. The minimum Gasteiger partial charge on any atom is -0.477 e. The number of carbonyl (C=O) groups is 1. The molecule has 3 heterocycles. The topological polar surface area (TPSA) is 139 Å². The fourth-order valence-corrected chi connectivity index (χ4v) is 4.31. The molecule has 3 aromatic carbocycles. The number of hydrogen-bond acceptors (Lipinski definition) is 6. The van der Waals surface area contributed by atoms with Gasteiger partial charge in [0.05, 0.1) is 21.9 Å². The van der Waals surface area contributed by atoms with Crippen LogP contribution >= 0.6 is 0 Å². The molecular weight excluding hydrogens is 443 g/mol. The van der Waals surface area contributed by atoms with Crippen molar-refractivity contribution >= 4 is 67.1 Å². The predicted molar refractivity (Wildman–Crippen MR) is 127 cm³/mol. The SMILES string of the molecule is CCNc1c(F)cc2c(=O)c(C(=O)O)cn3c4cc5oc6cc(N)ccc6[nH]c5cc4oc1c23. The highest BCUT2D eigenvalue weighted by Crippen LogP contribution is 2.35. The third-order valence-corrected chi connectivity index (χ3v) is 5.81. The summed E-state index contributed by atoms with van der Waals surface area (Å²) in [6.45, 7) is 2.21. The van der Waals surface area contributed by atoms with Crippen LogP contribution in [0, 0.1) is 5.82 Å². The summed E-state index contributed by atoms with van der Waals surface area (Å²) < 4.78 is 28.7. The maximum atomic E-state index is 15.0. The number of carboxylic acids is 1. The van der Waals surface area contributed by atoms with E-state index < -0.39 is 22.8 Å². The number of nitrogen functional groups attached to an aromatic ring is 1. The summed E-state index contributed by atoms with van der Waals surface area (Å²) in [5, 5.41) is 12.4. The van der Waals surface area contributed by atoms with E-state index >= 15 is 0 Å². The Morgan fingerprint density at radius 1 is 1.15 bits per heavy atom. The maximum Gasteiger partial charge on any atom is 0.341 e. The number of carboxylic acid groups (broad SMARTS) is 1. The molecule has 0 saturated carbocycles. The van der Waals surface area contributed by atoms with Gasteiger partial charge in [-0.3, -0.25) is 4.79 Å². The van der Waals surface area contributed by atoms with Crippen molar-refractivity contribution in [2.75, 3.05) is 17.6 Å². The molecular formula is C24H17FN4O5. The van der Waals surface area contributed by atoms with Gasteiger partial charge < -0.3 is 34.4 Å². The molecule has 0 saturated heterocycles. The molecule has 0 aliphatic carbocycles. The van der Waals surface area contributed by atoms with E-state index in [1.165, 1.54) is 10.6 Å². The zero-order valence-electron chi connectivity index (χ0n) is 17.7. The number of aromatic carboxylic acids is 1. The van der Waals surface area contributed by atoms with Crippen LogP contribution in [0.3, 0.4) is 0 Å². The fraction of sp³-hybridized carbons (Fsp3) is 0.0833. The van der Waals surface area contributed by atoms with Crippen LogP contribution in [0.2, 0.25) is 0 Å². The summed E-state index contributed by atoms with van der Waals surface area (Å²) in [6.07, 6.45) is 1.22. The lowest BCUT2D eigenvalue weighted by Crippen LogP contribution is -2.18. The summed E-state index contributed by atoms with van der Waals surface area (Å²) in [7, 11) is 0. The lowest BCUT2D eigenvalue weighted by molar-refractivity contribution is 0.0695. The molecule has 0 bridgehead atoms. The van der Waals surface area contributed by atoms with Gasteiger partial charge in [-0.2, -0.15) is 0 Å². The van der Waals surface area contributed by atoms with Crippen LogP contribution in [0.15, 0.2) is 56.2 Å². The van der Waals surface area contributed by atoms with Crippen LogP contribution < -0.4 is 16.5 Å². The first-order valence-electron chi connectivity index (χ1n) is 10.5. The van der Waals surface area contributed by atoms with Gasteiger partial charge in [-0.1, -0.05) is 0 Å². The van der Waals surface area contributed by atoms with Crippen LogP contribution in [0.25, 0.3) is 49.8 Å². The van der Waals surface area contributed by atoms with Crippen molar-refractivity contribution in [3.8, 4) is 0 Å². The Kier molecular flexibility index (Phi) is 4.03. The van der Waals surface area contributed by atoms with Crippen molar-refractivity contribution < 1.29 is 23.1 Å². The molecule has 0 radical (unpaired) electrons. The average Bonchev–Trinajstić information content (AvgIpc) is 2.80. The van der Waals surface area contributed by atoms with Gasteiger partial charge in [0, 0.05) is 36.6 Å². The molecule has 0 amide bonds. The minimum atomic E-state index is -1.42. The smallest absolute Gasteiger partial charge is 0.341 e. The zero-order chi connectivity index (χ0) is 23.7. The van der Waals surface area contributed by atoms with Gasteiger partial charge in [-0.05, 0) is 25.1 Å². The number of anilines is 2. The van der Waals surface area contributed by atoms with Crippen LogP contribution in [-0.2, 0) is 0 Å². The first kappa shape index (κ1) is 19.9. The van der Waals surface area contributed by atoms with Crippen molar-refractivity contribution in [2.45, 2.75) is 6.92 Å². The third-order valence-electron chi connectivity index (χ3n) is 5.81. The second-order valence-corrected chi connectivity index (χ2v) is 7.94. The summed E-state index contributed by atoms with van der Waals surface area (Å²) >= 11 is 0. The Hall–Kier alpha value is -4.73. The molecule has 0 atom stereocenters. The van der Waals surface area contributed by atoms with Gasteiger partial charge in [0.1, 0.15) is 16.8 Å². The number of fused-ring (bicyclic) bond motifs is 4. The minimum absolute atomic E-state index is 0.0830. The van der Waals surface area contributed by atoms with Gasteiger partial charge in [0.25, 0.3) is 0 Å². The van der Waals surface area contributed by atoms with Gasteiger partial charge in [-0.25, -0.2) is 9.18 Å². The Balaban J connectivity index is 1.85. The first-order valence-corrected chi connectivity index (χ1v) is 10.5. The van der Waals surface area contributed by atoms with E-state index in [1.807, 2.05) is 0 Å². The zero-order valence-corrected chi connectivity index (χ0v) is 17.7. The molecule has 10 heteroatoms. The van der Waals surface area contributed by atoms with Gasteiger partial charge in [-0.15, -0.1) is 0 Å². The molecule has 0 unspecified atom stereocenters. The van der Waals surface area contributed by atoms with Crippen molar-refractivity contribution in [1.29, 1.82) is 0 Å². The number of H-pyrrole nitrogens is 1. The third kappa shape index (κ3) is 2.71. The van der Waals surface area contributed by atoms with Gasteiger partial charge in [0.15, 0.2) is 28.1 Å². The Morgan fingerprint density at radius 2 is 1.94 bits per heavy atom. The number of nitrogens with two attached hydrogens (primary N) is 1. The summed E-state index contributed by atoms with van der Waals surface area (Å²) in [4.78, 5) is 27.9. The average molecular weight is 460 g/mol. The van der Waals surface area contributed by atoms with E-state index in [0.29, 0.717) is 45.5 Å². The van der Waals surface area contributed by atoms with E-state index in [4.69, 9.17) is 14.6 Å². The molecule has 0 spiro atoms. The molecule has 0 aliphatic rings. The lowest BCUT2D eigenvalue weighted by Gasteiger charge is -2.16. The highest BCUT2D eigenvalue weighted by Gasteiger charge is 2.23. The molecule has 5 N–H and O–H groups in total. The number of nitrogens with one attached hydrogen (secondary N) is 2. The Morgan fingerprint density at radius 3 is 2.71 bits per heavy atom. The molecule has 0 fully saturated rings. The number of aromatic amines is 1. The normalized spacial score (nSPS) is 11.8. The van der Waals surface area contributed by atoms with Crippen molar-refractivity contribution in [3.05, 3.63) is 64.2 Å².